The van der Waals surface area contributed by atoms with E-state index in [1.165, 1.54) is 16.7 Å². The summed E-state index contributed by atoms with van der Waals surface area (Å²) < 4.78 is 11.0. The zero-order valence-corrected chi connectivity index (χ0v) is 12.9. The Balaban J connectivity index is 2.23. The summed E-state index contributed by atoms with van der Waals surface area (Å²) in [6.45, 7) is 6.66. The van der Waals surface area contributed by atoms with Crippen LogP contribution in [0.2, 0.25) is 0 Å². The molecule has 1 aliphatic heterocycles. The molecule has 1 aliphatic rings. The number of ether oxygens (including phenoxy) is 2. The lowest BCUT2D eigenvalue weighted by molar-refractivity contribution is -0.00461. The second kappa shape index (κ2) is 6.68. The minimum absolute atomic E-state index is 0.124. The third-order valence-electron chi connectivity index (χ3n) is 4.52. The fourth-order valence-corrected chi connectivity index (χ4v) is 3.09. The molecular formula is C16H26N2O2. The van der Waals surface area contributed by atoms with Gasteiger partial charge in [0.15, 0.2) is 0 Å². The van der Waals surface area contributed by atoms with Gasteiger partial charge >= 0.3 is 0 Å². The lowest BCUT2D eigenvalue weighted by atomic mass is 9.96. The summed E-state index contributed by atoms with van der Waals surface area (Å²) in [7, 11) is 3.49. The lowest BCUT2D eigenvalue weighted by Crippen LogP contribution is -2.33. The molecule has 2 rings (SSSR count). The Hall–Kier alpha value is -0.940. The number of hydrogen-bond donors (Lipinski definition) is 1. The van der Waals surface area contributed by atoms with E-state index in [9.17, 15) is 0 Å². The Morgan fingerprint density at radius 3 is 2.30 bits per heavy atom. The minimum atomic E-state index is 0.124. The molecule has 2 N–H and O–H groups in total. The average Bonchev–Trinajstić information content (AvgIpc) is 2.87. The minimum Gasteiger partial charge on any atom is -0.377 e. The number of benzene rings is 1. The van der Waals surface area contributed by atoms with Gasteiger partial charge in [-0.15, -0.1) is 0 Å². The first-order valence-corrected chi connectivity index (χ1v) is 7.18. The van der Waals surface area contributed by atoms with Gasteiger partial charge in [0.1, 0.15) is 0 Å². The van der Waals surface area contributed by atoms with Gasteiger partial charge in [-0.05, 0) is 30.5 Å². The number of likely N-dealkylation sites (tertiary alicyclic amines) is 1. The van der Waals surface area contributed by atoms with E-state index in [-0.39, 0.29) is 18.2 Å². The summed E-state index contributed by atoms with van der Waals surface area (Å²) in [4.78, 5) is 2.38. The molecule has 112 valence electrons. The summed E-state index contributed by atoms with van der Waals surface area (Å²) in [6.07, 6.45) is 0.248. The molecule has 0 aliphatic carbocycles. The molecule has 1 fully saturated rings. The van der Waals surface area contributed by atoms with Gasteiger partial charge in [0.25, 0.3) is 0 Å². The zero-order valence-electron chi connectivity index (χ0n) is 12.9. The number of methoxy groups -OCH3 is 2. The highest BCUT2D eigenvalue weighted by Gasteiger charge is 2.36. The van der Waals surface area contributed by atoms with Crippen LogP contribution in [0.4, 0.5) is 0 Å². The van der Waals surface area contributed by atoms with Crippen LogP contribution in [0, 0.1) is 13.8 Å². The monoisotopic (exact) mass is 278 g/mol. The van der Waals surface area contributed by atoms with Crippen molar-refractivity contribution in [1.29, 1.82) is 0 Å². The predicted molar refractivity (Wildman–Crippen MR) is 80.9 cm³/mol. The molecule has 1 aromatic rings. The molecule has 1 heterocycles. The van der Waals surface area contributed by atoms with Gasteiger partial charge in [0, 0.05) is 39.9 Å². The van der Waals surface area contributed by atoms with Crippen LogP contribution in [0.15, 0.2) is 18.2 Å². The molecule has 0 bridgehead atoms. The maximum absolute atomic E-state index is 6.05. The largest absolute Gasteiger partial charge is 0.377 e. The Morgan fingerprint density at radius 2 is 1.80 bits per heavy atom. The molecule has 20 heavy (non-hydrogen) atoms. The van der Waals surface area contributed by atoms with Crippen molar-refractivity contribution < 1.29 is 9.47 Å². The number of nitrogens with two attached hydrogens (primary N) is 1. The van der Waals surface area contributed by atoms with Gasteiger partial charge in [0.05, 0.1) is 12.2 Å². The van der Waals surface area contributed by atoms with Gasteiger partial charge in [-0.25, -0.2) is 0 Å². The van der Waals surface area contributed by atoms with Crippen molar-refractivity contribution in [3.63, 3.8) is 0 Å². The van der Waals surface area contributed by atoms with Gasteiger partial charge in [-0.3, -0.25) is 4.90 Å². The fraction of sp³-hybridized carbons (Fsp3) is 0.625. The number of aryl methyl sites for hydroxylation is 1. The van der Waals surface area contributed by atoms with E-state index in [1.54, 1.807) is 14.2 Å². The summed E-state index contributed by atoms with van der Waals surface area (Å²) in [6, 6.07) is 6.67. The SMILES string of the molecule is COC1CN(C(CN)c2cccc(C)c2C)CC1OC. The van der Waals surface area contributed by atoms with E-state index in [0.717, 1.165) is 13.1 Å². The first-order valence-electron chi connectivity index (χ1n) is 7.18. The maximum atomic E-state index is 6.05. The van der Waals surface area contributed by atoms with E-state index in [1.807, 2.05) is 0 Å². The van der Waals surface area contributed by atoms with Gasteiger partial charge in [-0.2, -0.15) is 0 Å². The number of rotatable bonds is 5. The van der Waals surface area contributed by atoms with E-state index >= 15 is 0 Å². The Morgan fingerprint density at radius 1 is 1.20 bits per heavy atom. The lowest BCUT2D eigenvalue weighted by Gasteiger charge is -2.28. The van der Waals surface area contributed by atoms with Crippen molar-refractivity contribution in [2.75, 3.05) is 33.9 Å². The molecule has 0 spiro atoms. The van der Waals surface area contributed by atoms with Crippen LogP contribution in [-0.4, -0.2) is 51.0 Å². The zero-order chi connectivity index (χ0) is 14.7. The molecular weight excluding hydrogens is 252 g/mol. The van der Waals surface area contributed by atoms with Gasteiger partial charge < -0.3 is 15.2 Å². The number of nitrogens with zero attached hydrogens (tertiary/aromatic N) is 1. The molecule has 0 aromatic heterocycles. The second-order valence-corrected chi connectivity index (χ2v) is 5.54. The van der Waals surface area contributed by atoms with E-state index in [4.69, 9.17) is 15.2 Å². The maximum Gasteiger partial charge on any atom is 0.0972 e. The van der Waals surface area contributed by atoms with Crippen LogP contribution in [0.1, 0.15) is 22.7 Å². The normalized spacial score (nSPS) is 25.1. The van der Waals surface area contributed by atoms with Crippen LogP contribution in [0.25, 0.3) is 0 Å². The van der Waals surface area contributed by atoms with E-state index in [2.05, 4.69) is 36.9 Å². The molecule has 4 heteroatoms. The smallest absolute Gasteiger partial charge is 0.0972 e. The summed E-state index contributed by atoms with van der Waals surface area (Å²) >= 11 is 0. The molecule has 1 saturated heterocycles. The van der Waals surface area contributed by atoms with E-state index < -0.39 is 0 Å². The van der Waals surface area contributed by atoms with Crippen molar-refractivity contribution in [2.45, 2.75) is 32.1 Å². The predicted octanol–water partition coefficient (Wildman–Crippen LogP) is 1.65. The first-order chi connectivity index (χ1) is 9.62. The van der Waals surface area contributed by atoms with Crippen LogP contribution >= 0.6 is 0 Å². The molecule has 4 nitrogen and oxygen atoms in total. The quantitative estimate of drug-likeness (QED) is 0.889. The van der Waals surface area contributed by atoms with Crippen molar-refractivity contribution in [3.8, 4) is 0 Å². The van der Waals surface area contributed by atoms with Crippen molar-refractivity contribution >= 4 is 0 Å². The van der Waals surface area contributed by atoms with Crippen LogP contribution in [0.3, 0.4) is 0 Å². The molecule has 3 unspecified atom stereocenters. The summed E-state index contributed by atoms with van der Waals surface area (Å²) in [5, 5.41) is 0. The highest BCUT2D eigenvalue weighted by molar-refractivity contribution is 5.35. The topological polar surface area (TPSA) is 47.7 Å². The Bertz CT molecular complexity index is 438. The third kappa shape index (κ3) is 2.88. The van der Waals surface area contributed by atoms with Crippen LogP contribution in [-0.2, 0) is 9.47 Å². The standard InChI is InChI=1S/C16H26N2O2/c1-11-6-5-7-13(12(11)2)14(8-17)18-9-15(19-3)16(10-18)20-4/h5-7,14-16H,8-10,17H2,1-4H3. The third-order valence-corrected chi connectivity index (χ3v) is 4.52. The number of hydrogen-bond acceptors (Lipinski definition) is 4. The molecule has 3 atom stereocenters. The van der Waals surface area contributed by atoms with Crippen molar-refractivity contribution in [3.05, 3.63) is 34.9 Å². The average molecular weight is 278 g/mol. The first kappa shape index (κ1) is 15.4. The Labute approximate surface area is 121 Å². The van der Waals surface area contributed by atoms with Crippen LogP contribution in [0.5, 0.6) is 0 Å². The van der Waals surface area contributed by atoms with Crippen molar-refractivity contribution in [1.82, 2.24) is 4.90 Å². The fourth-order valence-electron chi connectivity index (χ4n) is 3.09. The second-order valence-electron chi connectivity index (χ2n) is 5.54. The summed E-state index contributed by atoms with van der Waals surface area (Å²) in [5.41, 5.74) is 10.0. The highest BCUT2D eigenvalue weighted by atomic mass is 16.5. The summed E-state index contributed by atoms with van der Waals surface area (Å²) in [5.74, 6) is 0. The molecule has 0 amide bonds. The van der Waals surface area contributed by atoms with Crippen LogP contribution < -0.4 is 5.73 Å². The molecule has 1 aromatic carbocycles. The van der Waals surface area contributed by atoms with Gasteiger partial charge in [-0.1, -0.05) is 18.2 Å². The molecule has 0 radical (unpaired) electrons. The van der Waals surface area contributed by atoms with E-state index in [0.29, 0.717) is 6.54 Å². The van der Waals surface area contributed by atoms with Crippen molar-refractivity contribution in [2.24, 2.45) is 5.73 Å². The highest BCUT2D eigenvalue weighted by Crippen LogP contribution is 2.29. The van der Waals surface area contributed by atoms with Gasteiger partial charge in [0.2, 0.25) is 0 Å². The Kier molecular flexibility index (Phi) is 5.16. The molecule has 0 saturated carbocycles.